The summed E-state index contributed by atoms with van der Waals surface area (Å²) in [4.78, 5) is 7.97. The van der Waals surface area contributed by atoms with Crippen molar-refractivity contribution in [3.63, 3.8) is 0 Å². The second-order valence-corrected chi connectivity index (χ2v) is 6.17. The van der Waals surface area contributed by atoms with Gasteiger partial charge in [0.15, 0.2) is 0 Å². The molecule has 3 heterocycles. The number of hydrogen-bond donors (Lipinski definition) is 3. The third-order valence-corrected chi connectivity index (χ3v) is 3.94. The van der Waals surface area contributed by atoms with Crippen LogP contribution in [0.25, 0.3) is 5.69 Å². The van der Waals surface area contributed by atoms with Crippen LogP contribution < -0.4 is 16.4 Å². The van der Waals surface area contributed by atoms with Crippen molar-refractivity contribution in [3.05, 3.63) is 47.7 Å². The fraction of sp³-hybridized carbons (Fsp3) is 0.312. The molecule has 26 heavy (non-hydrogen) atoms. The summed E-state index contributed by atoms with van der Waals surface area (Å²) in [6, 6.07) is 1.82. The topological polar surface area (TPSA) is 93.2 Å². The minimum Gasteiger partial charge on any atom is -0.332 e. The zero-order valence-electron chi connectivity index (χ0n) is 14.4. The molecule has 1 atom stereocenters. The number of nitrogens with one attached hydrogen (secondary N) is 2. The molecule has 0 radical (unpaired) electrons. The van der Waals surface area contributed by atoms with Gasteiger partial charge in [-0.25, -0.2) is 9.67 Å². The molecule has 10 heteroatoms. The number of nitrogens with zero attached hydrogens (tertiary/aromatic N) is 4. The van der Waals surface area contributed by atoms with Crippen molar-refractivity contribution in [2.75, 3.05) is 5.32 Å². The number of hydrogen-bond acceptors (Lipinski definition) is 6. The number of alkyl halides is 3. The molecule has 1 aliphatic heterocycles. The summed E-state index contributed by atoms with van der Waals surface area (Å²) in [5.41, 5.74) is 5.90. The smallest absolute Gasteiger partial charge is 0.332 e. The quantitative estimate of drug-likeness (QED) is 0.760. The van der Waals surface area contributed by atoms with Gasteiger partial charge in [0, 0.05) is 18.6 Å². The molecular formula is C16H18F3N7. The largest absolute Gasteiger partial charge is 0.417 e. The van der Waals surface area contributed by atoms with E-state index in [4.69, 9.17) is 5.73 Å². The van der Waals surface area contributed by atoms with E-state index < -0.39 is 17.4 Å². The van der Waals surface area contributed by atoms with Crippen LogP contribution in [-0.4, -0.2) is 32.6 Å². The Morgan fingerprint density at radius 2 is 2.04 bits per heavy atom. The standard InChI is InChI=1S/C16H18F3N7/c1-9-6-21-5-4-12(9)26-8-11(10(2)25-26)23-14-22-7-13(16(17,18)19)15(3,20)24-14/h4-8H,20H2,1-3H3,(H2,22,23,24). The lowest BCUT2D eigenvalue weighted by atomic mass is 10.0. The zero-order valence-corrected chi connectivity index (χ0v) is 14.4. The first-order chi connectivity index (χ1) is 12.1. The molecule has 4 N–H and O–H groups in total. The van der Waals surface area contributed by atoms with E-state index in [1.54, 1.807) is 30.2 Å². The maximum absolute atomic E-state index is 13.0. The summed E-state index contributed by atoms with van der Waals surface area (Å²) in [5, 5.41) is 9.85. The highest BCUT2D eigenvalue weighted by molar-refractivity contribution is 5.95. The number of guanidine groups is 1. The fourth-order valence-corrected chi connectivity index (χ4v) is 2.60. The molecular weight excluding hydrogens is 347 g/mol. The number of pyridine rings is 1. The van der Waals surface area contributed by atoms with Gasteiger partial charge in [-0.2, -0.15) is 18.3 Å². The van der Waals surface area contributed by atoms with Crippen molar-refractivity contribution in [1.29, 1.82) is 0 Å². The third kappa shape index (κ3) is 3.40. The summed E-state index contributed by atoms with van der Waals surface area (Å²) in [7, 11) is 0. The molecule has 0 amide bonds. The van der Waals surface area contributed by atoms with E-state index in [9.17, 15) is 13.2 Å². The number of halogens is 3. The lowest BCUT2D eigenvalue weighted by Crippen LogP contribution is -2.49. The minimum absolute atomic E-state index is 0.108. The van der Waals surface area contributed by atoms with Gasteiger partial charge < -0.3 is 16.4 Å². The van der Waals surface area contributed by atoms with Gasteiger partial charge in [0.05, 0.1) is 28.8 Å². The lowest BCUT2D eigenvalue weighted by Gasteiger charge is -2.30. The third-order valence-electron chi connectivity index (χ3n) is 3.94. The van der Waals surface area contributed by atoms with Crippen LogP contribution in [0.5, 0.6) is 0 Å². The average Bonchev–Trinajstić information content (AvgIpc) is 2.86. The molecule has 1 aliphatic rings. The van der Waals surface area contributed by atoms with E-state index in [0.29, 0.717) is 11.4 Å². The van der Waals surface area contributed by atoms with E-state index in [0.717, 1.165) is 17.5 Å². The number of aryl methyl sites for hydroxylation is 2. The summed E-state index contributed by atoms with van der Waals surface area (Å²) in [6.07, 6.45) is 1.35. The van der Waals surface area contributed by atoms with Crippen molar-refractivity contribution >= 4 is 11.6 Å². The molecule has 0 saturated heterocycles. The van der Waals surface area contributed by atoms with Crippen LogP contribution in [0, 0.1) is 13.8 Å². The minimum atomic E-state index is -4.56. The molecule has 2 aromatic heterocycles. The zero-order chi connectivity index (χ0) is 19.1. The van der Waals surface area contributed by atoms with Crippen LogP contribution >= 0.6 is 0 Å². The average molecular weight is 365 g/mol. The Balaban J connectivity index is 1.85. The lowest BCUT2D eigenvalue weighted by molar-refractivity contribution is -0.100. The summed E-state index contributed by atoms with van der Waals surface area (Å²) in [6.45, 7) is 4.88. The van der Waals surface area contributed by atoms with Gasteiger partial charge >= 0.3 is 6.18 Å². The Bertz CT molecular complexity index is 893. The van der Waals surface area contributed by atoms with Gasteiger partial charge in [-0.3, -0.25) is 4.98 Å². The van der Waals surface area contributed by atoms with E-state index in [1.165, 1.54) is 6.92 Å². The molecule has 1 unspecified atom stereocenters. The van der Waals surface area contributed by atoms with Crippen molar-refractivity contribution in [2.24, 2.45) is 10.7 Å². The predicted molar refractivity (Wildman–Crippen MR) is 91.8 cm³/mol. The second kappa shape index (κ2) is 6.13. The van der Waals surface area contributed by atoms with Crippen LogP contribution in [-0.2, 0) is 0 Å². The molecule has 0 aliphatic carbocycles. The van der Waals surface area contributed by atoms with Crippen molar-refractivity contribution in [1.82, 2.24) is 20.1 Å². The fourth-order valence-electron chi connectivity index (χ4n) is 2.60. The molecule has 0 saturated carbocycles. The van der Waals surface area contributed by atoms with Gasteiger partial charge in [-0.05, 0) is 32.4 Å². The van der Waals surface area contributed by atoms with Gasteiger partial charge in [-0.1, -0.05) is 0 Å². The molecule has 2 aromatic rings. The highest BCUT2D eigenvalue weighted by Gasteiger charge is 2.45. The van der Waals surface area contributed by atoms with Crippen LogP contribution in [0.3, 0.4) is 0 Å². The van der Waals surface area contributed by atoms with E-state index in [1.807, 2.05) is 13.0 Å². The van der Waals surface area contributed by atoms with Crippen molar-refractivity contribution in [3.8, 4) is 5.69 Å². The van der Waals surface area contributed by atoms with E-state index >= 15 is 0 Å². The highest BCUT2D eigenvalue weighted by atomic mass is 19.4. The summed E-state index contributed by atoms with van der Waals surface area (Å²) < 4.78 is 40.6. The maximum atomic E-state index is 13.0. The molecule has 0 aromatic carbocycles. The second-order valence-electron chi connectivity index (χ2n) is 6.17. The van der Waals surface area contributed by atoms with E-state index in [-0.39, 0.29) is 5.96 Å². The van der Waals surface area contributed by atoms with E-state index in [2.05, 4.69) is 25.7 Å². The molecule has 0 bridgehead atoms. The van der Waals surface area contributed by atoms with Crippen LogP contribution in [0.2, 0.25) is 0 Å². The monoisotopic (exact) mass is 365 g/mol. The van der Waals surface area contributed by atoms with Gasteiger partial charge in [-0.15, -0.1) is 0 Å². The highest BCUT2D eigenvalue weighted by Crippen LogP contribution is 2.34. The molecule has 7 nitrogen and oxygen atoms in total. The van der Waals surface area contributed by atoms with Gasteiger partial charge in [0.25, 0.3) is 0 Å². The Kier molecular flexibility index (Phi) is 4.23. The van der Waals surface area contributed by atoms with Crippen molar-refractivity contribution < 1.29 is 13.2 Å². The SMILES string of the molecule is Cc1cnccc1-n1cc(NC2=NC(C)(N)C(C(F)(F)F)=CN2)c(C)n1. The Morgan fingerprint density at radius 3 is 2.65 bits per heavy atom. The number of anilines is 1. The van der Waals surface area contributed by atoms with Crippen molar-refractivity contribution in [2.45, 2.75) is 32.6 Å². The Morgan fingerprint density at radius 1 is 1.31 bits per heavy atom. The van der Waals surface area contributed by atoms with Crippen LogP contribution in [0.15, 0.2) is 41.4 Å². The first-order valence-electron chi connectivity index (χ1n) is 7.75. The van der Waals surface area contributed by atoms with Crippen LogP contribution in [0.1, 0.15) is 18.2 Å². The first-order valence-corrected chi connectivity index (χ1v) is 7.75. The van der Waals surface area contributed by atoms with Gasteiger partial charge in [0.1, 0.15) is 5.66 Å². The number of aliphatic imine (C=N–C) groups is 1. The summed E-state index contributed by atoms with van der Waals surface area (Å²) >= 11 is 0. The predicted octanol–water partition coefficient (Wildman–Crippen LogP) is 2.38. The normalized spacial score (nSPS) is 20.3. The Labute approximate surface area is 147 Å². The summed E-state index contributed by atoms with van der Waals surface area (Å²) in [5.74, 6) is 0.108. The molecule has 138 valence electrons. The van der Waals surface area contributed by atoms with Crippen LogP contribution in [0.4, 0.5) is 18.9 Å². The molecule has 0 fully saturated rings. The number of nitrogens with two attached hydrogens (primary N) is 1. The molecule has 0 spiro atoms. The van der Waals surface area contributed by atoms with Gasteiger partial charge in [0.2, 0.25) is 5.96 Å². The molecule has 3 rings (SSSR count). The number of aromatic nitrogens is 3. The maximum Gasteiger partial charge on any atom is 0.417 e. The first kappa shape index (κ1) is 17.9. The Hall–Kier alpha value is -2.88. The number of rotatable bonds is 2.